The summed E-state index contributed by atoms with van der Waals surface area (Å²) in [6, 6.07) is 12.2. The zero-order valence-electron chi connectivity index (χ0n) is 14.5. The lowest BCUT2D eigenvalue weighted by Gasteiger charge is -2.19. The highest BCUT2D eigenvalue weighted by Crippen LogP contribution is 2.24. The van der Waals surface area contributed by atoms with Gasteiger partial charge in [0.25, 0.3) is 0 Å². The second-order valence-electron chi connectivity index (χ2n) is 5.58. The van der Waals surface area contributed by atoms with Crippen LogP contribution in [0.4, 0.5) is 4.79 Å². The van der Waals surface area contributed by atoms with Crippen molar-refractivity contribution in [3.05, 3.63) is 65.2 Å². The van der Waals surface area contributed by atoms with E-state index in [4.69, 9.17) is 10.5 Å². The number of amides is 2. The Labute approximate surface area is 151 Å². The third-order valence-corrected chi connectivity index (χ3v) is 3.77. The fourth-order valence-electron chi connectivity index (χ4n) is 2.55. The van der Waals surface area contributed by atoms with Gasteiger partial charge in [-0.1, -0.05) is 36.4 Å². The lowest BCUT2D eigenvalue weighted by molar-refractivity contribution is -0.134. The molecule has 0 fully saturated rings. The third kappa shape index (κ3) is 4.83. The van der Waals surface area contributed by atoms with E-state index in [1.807, 2.05) is 19.1 Å². The number of urea groups is 1. The van der Waals surface area contributed by atoms with Gasteiger partial charge in [0, 0.05) is 0 Å². The normalized spacial score (nSPS) is 11.3. The van der Waals surface area contributed by atoms with Crippen LogP contribution in [0, 0.1) is 6.92 Å². The Morgan fingerprint density at radius 1 is 1.08 bits per heavy atom. The summed E-state index contributed by atoms with van der Waals surface area (Å²) in [5, 5.41) is 2.55. The largest absolute Gasteiger partial charge is 0.465 e. The van der Waals surface area contributed by atoms with Gasteiger partial charge in [0.2, 0.25) is 0 Å². The first-order chi connectivity index (χ1) is 12.4. The van der Waals surface area contributed by atoms with Crippen molar-refractivity contribution < 1.29 is 23.9 Å². The summed E-state index contributed by atoms with van der Waals surface area (Å²) in [7, 11) is 1.24. The summed E-state index contributed by atoms with van der Waals surface area (Å²) < 4.78 is 9.98. The minimum absolute atomic E-state index is 0.0898. The van der Waals surface area contributed by atoms with Crippen LogP contribution in [0.25, 0.3) is 0 Å². The van der Waals surface area contributed by atoms with Crippen LogP contribution in [-0.4, -0.2) is 25.1 Å². The lowest BCUT2D eigenvalue weighted by atomic mass is 9.99. The zero-order valence-corrected chi connectivity index (χ0v) is 14.5. The van der Waals surface area contributed by atoms with Gasteiger partial charge >= 0.3 is 18.0 Å². The number of methoxy groups -OCH3 is 1. The molecule has 1 unspecified atom stereocenters. The van der Waals surface area contributed by atoms with Crippen molar-refractivity contribution in [1.29, 1.82) is 0 Å². The topological polar surface area (TPSA) is 108 Å². The molecule has 7 heteroatoms. The van der Waals surface area contributed by atoms with Crippen LogP contribution >= 0.6 is 0 Å². The Kier molecular flexibility index (Phi) is 6.32. The molecule has 0 saturated carbocycles. The van der Waals surface area contributed by atoms with Crippen LogP contribution in [0.15, 0.2) is 48.5 Å². The van der Waals surface area contributed by atoms with Crippen LogP contribution in [0.5, 0.6) is 5.75 Å². The summed E-state index contributed by atoms with van der Waals surface area (Å²) in [6.45, 7) is 1.86. The third-order valence-electron chi connectivity index (χ3n) is 3.77. The molecule has 0 aliphatic rings. The molecule has 136 valence electrons. The van der Waals surface area contributed by atoms with Gasteiger partial charge in [0.05, 0.1) is 19.6 Å². The molecule has 7 nitrogen and oxygen atoms in total. The van der Waals surface area contributed by atoms with Gasteiger partial charge in [-0.15, -0.1) is 0 Å². The fraction of sp³-hybridized carbons (Fsp3) is 0.211. The van der Waals surface area contributed by atoms with Crippen molar-refractivity contribution in [1.82, 2.24) is 5.32 Å². The number of para-hydroxylation sites is 1. The number of nitrogens with two attached hydrogens (primary N) is 1. The molecular formula is C19H20N2O5. The van der Waals surface area contributed by atoms with E-state index in [1.54, 1.807) is 24.3 Å². The molecule has 2 rings (SSSR count). The predicted octanol–water partition coefficient (Wildman–Crippen LogP) is 2.49. The Hall–Kier alpha value is -3.35. The van der Waals surface area contributed by atoms with Gasteiger partial charge in [0.1, 0.15) is 11.3 Å². The van der Waals surface area contributed by atoms with E-state index in [2.05, 4.69) is 10.1 Å². The SMILES string of the molecule is COC(=O)c1ccccc1OC(=O)CC(NC(N)=O)c1ccccc1C. The summed E-state index contributed by atoms with van der Waals surface area (Å²) >= 11 is 0. The van der Waals surface area contributed by atoms with Crippen molar-refractivity contribution in [2.24, 2.45) is 5.73 Å². The Balaban J connectivity index is 2.20. The van der Waals surface area contributed by atoms with Gasteiger partial charge in [-0.3, -0.25) is 4.79 Å². The van der Waals surface area contributed by atoms with Crippen molar-refractivity contribution in [2.45, 2.75) is 19.4 Å². The molecule has 3 N–H and O–H groups in total. The van der Waals surface area contributed by atoms with Gasteiger partial charge in [-0.05, 0) is 30.2 Å². The standard InChI is InChI=1S/C19H20N2O5/c1-12-7-3-4-8-13(12)15(21-19(20)24)11-17(22)26-16-10-6-5-9-14(16)18(23)25-2/h3-10,15H,11H2,1-2H3,(H3,20,21,24). The maximum Gasteiger partial charge on any atom is 0.341 e. The smallest absolute Gasteiger partial charge is 0.341 e. The van der Waals surface area contributed by atoms with E-state index >= 15 is 0 Å². The zero-order chi connectivity index (χ0) is 19.1. The minimum atomic E-state index is -0.749. The Morgan fingerprint density at radius 2 is 1.73 bits per heavy atom. The van der Waals surface area contributed by atoms with Crippen molar-refractivity contribution in [3.8, 4) is 5.75 Å². The number of esters is 2. The maximum atomic E-state index is 12.4. The van der Waals surface area contributed by atoms with Crippen LogP contribution in [0.1, 0.15) is 33.9 Å². The number of rotatable bonds is 6. The molecule has 0 saturated heterocycles. The van der Waals surface area contributed by atoms with Crippen LogP contribution in [0.2, 0.25) is 0 Å². The molecule has 1 atom stereocenters. The van der Waals surface area contributed by atoms with Crippen molar-refractivity contribution in [2.75, 3.05) is 7.11 Å². The molecular weight excluding hydrogens is 336 g/mol. The second-order valence-corrected chi connectivity index (χ2v) is 5.58. The van der Waals surface area contributed by atoms with E-state index in [9.17, 15) is 14.4 Å². The number of carbonyl (C=O) groups is 3. The first-order valence-electron chi connectivity index (χ1n) is 7.92. The van der Waals surface area contributed by atoms with E-state index in [1.165, 1.54) is 19.2 Å². The Bertz CT molecular complexity index is 819. The van der Waals surface area contributed by atoms with E-state index < -0.39 is 24.0 Å². The number of ether oxygens (including phenoxy) is 2. The van der Waals surface area contributed by atoms with E-state index in [0.717, 1.165) is 11.1 Å². The summed E-state index contributed by atoms with van der Waals surface area (Å²) in [6.07, 6.45) is -0.150. The van der Waals surface area contributed by atoms with Crippen molar-refractivity contribution >= 4 is 18.0 Å². The average molecular weight is 356 g/mol. The van der Waals surface area contributed by atoms with Gasteiger partial charge < -0.3 is 20.5 Å². The first kappa shape index (κ1) is 19.0. The molecule has 2 amide bonds. The van der Waals surface area contributed by atoms with Gasteiger partial charge in [-0.2, -0.15) is 0 Å². The summed E-state index contributed by atoms with van der Waals surface area (Å²) in [4.78, 5) is 35.5. The number of hydrogen-bond donors (Lipinski definition) is 2. The quantitative estimate of drug-likeness (QED) is 0.611. The minimum Gasteiger partial charge on any atom is -0.465 e. The summed E-state index contributed by atoms with van der Waals surface area (Å²) in [5.41, 5.74) is 7.02. The summed E-state index contributed by atoms with van der Waals surface area (Å²) in [5.74, 6) is -1.14. The number of primary amides is 1. The highest BCUT2D eigenvalue weighted by atomic mass is 16.5. The van der Waals surface area contributed by atoms with Gasteiger partial charge in [-0.25, -0.2) is 9.59 Å². The molecule has 0 radical (unpaired) electrons. The molecule has 2 aromatic rings. The number of hydrogen-bond acceptors (Lipinski definition) is 5. The van der Waals surface area contributed by atoms with E-state index in [-0.39, 0.29) is 17.7 Å². The lowest BCUT2D eigenvalue weighted by Crippen LogP contribution is -2.35. The number of aryl methyl sites for hydroxylation is 1. The fourth-order valence-corrected chi connectivity index (χ4v) is 2.55. The maximum absolute atomic E-state index is 12.4. The number of benzene rings is 2. The predicted molar refractivity (Wildman–Crippen MR) is 94.7 cm³/mol. The molecule has 26 heavy (non-hydrogen) atoms. The number of nitrogens with one attached hydrogen (secondary N) is 1. The molecule has 0 aliphatic heterocycles. The first-order valence-corrected chi connectivity index (χ1v) is 7.92. The molecule has 0 spiro atoms. The second kappa shape index (κ2) is 8.66. The molecule has 0 aromatic heterocycles. The molecule has 0 bridgehead atoms. The van der Waals surface area contributed by atoms with E-state index in [0.29, 0.717) is 0 Å². The Morgan fingerprint density at radius 3 is 2.38 bits per heavy atom. The average Bonchev–Trinajstić information content (AvgIpc) is 2.61. The molecule has 0 heterocycles. The highest BCUT2D eigenvalue weighted by molar-refractivity contribution is 5.93. The van der Waals surface area contributed by atoms with Crippen LogP contribution < -0.4 is 15.8 Å². The van der Waals surface area contributed by atoms with Crippen LogP contribution in [-0.2, 0) is 9.53 Å². The highest BCUT2D eigenvalue weighted by Gasteiger charge is 2.22. The molecule has 2 aromatic carbocycles. The van der Waals surface area contributed by atoms with Crippen LogP contribution in [0.3, 0.4) is 0 Å². The van der Waals surface area contributed by atoms with Gasteiger partial charge in [0.15, 0.2) is 0 Å². The molecule has 0 aliphatic carbocycles. The number of carbonyl (C=O) groups excluding carboxylic acids is 3. The van der Waals surface area contributed by atoms with Crippen molar-refractivity contribution in [3.63, 3.8) is 0 Å². The monoisotopic (exact) mass is 356 g/mol.